The molecule has 1 aromatic carbocycles. The smallest absolute Gasteiger partial charge is 0.128 e. The van der Waals surface area contributed by atoms with Gasteiger partial charge in [-0.1, -0.05) is 12.1 Å². The topological polar surface area (TPSA) is 47.3 Å². The zero-order valence-corrected chi connectivity index (χ0v) is 10.1. The summed E-state index contributed by atoms with van der Waals surface area (Å²) in [4.78, 5) is 0. The Morgan fingerprint density at radius 2 is 2.12 bits per heavy atom. The van der Waals surface area contributed by atoms with Crippen molar-refractivity contribution in [1.82, 2.24) is 9.78 Å². The average Bonchev–Trinajstić information content (AvgIpc) is 2.81. The number of hydrogen-bond donors (Lipinski definition) is 1. The van der Waals surface area contributed by atoms with Crippen LogP contribution >= 0.6 is 0 Å². The summed E-state index contributed by atoms with van der Waals surface area (Å²) in [6, 6.07) is 9.69. The van der Waals surface area contributed by atoms with Crippen LogP contribution in [-0.2, 0) is 13.2 Å². The molecule has 0 aliphatic carbocycles. The lowest BCUT2D eigenvalue weighted by Crippen LogP contribution is -2.00. The van der Waals surface area contributed by atoms with E-state index in [1.54, 1.807) is 7.11 Å². The number of methoxy groups -OCH3 is 1. The Balaban J connectivity index is 2.54. The minimum atomic E-state index is -0.0465. The van der Waals surface area contributed by atoms with E-state index in [1.807, 2.05) is 41.9 Å². The molecular formula is C13H16N2O2. The van der Waals surface area contributed by atoms with Gasteiger partial charge in [-0.3, -0.25) is 4.68 Å². The number of aliphatic hydroxyl groups is 1. The average molecular weight is 232 g/mol. The highest BCUT2D eigenvalue weighted by Gasteiger charge is 2.12. The van der Waals surface area contributed by atoms with E-state index in [1.165, 1.54) is 0 Å². The van der Waals surface area contributed by atoms with Crippen LogP contribution in [0.3, 0.4) is 0 Å². The largest absolute Gasteiger partial charge is 0.496 e. The summed E-state index contributed by atoms with van der Waals surface area (Å²) in [6.45, 7) is 2.73. The van der Waals surface area contributed by atoms with E-state index in [-0.39, 0.29) is 6.61 Å². The first-order valence-electron chi connectivity index (χ1n) is 5.61. The summed E-state index contributed by atoms with van der Waals surface area (Å²) in [5, 5.41) is 13.4. The molecule has 0 bridgehead atoms. The van der Waals surface area contributed by atoms with Gasteiger partial charge >= 0.3 is 0 Å². The van der Waals surface area contributed by atoms with E-state index in [4.69, 9.17) is 9.84 Å². The van der Waals surface area contributed by atoms with E-state index in [9.17, 15) is 0 Å². The standard InChI is InChI=1S/C13H16N2O2/c1-3-15-12(8-10(9-16)14-15)11-6-4-5-7-13(11)17-2/h4-8,16H,3,9H2,1-2H3. The second kappa shape index (κ2) is 5.01. The molecule has 1 heterocycles. The molecular weight excluding hydrogens is 216 g/mol. The molecule has 1 aromatic heterocycles. The first kappa shape index (κ1) is 11.7. The van der Waals surface area contributed by atoms with Gasteiger partial charge < -0.3 is 9.84 Å². The van der Waals surface area contributed by atoms with Crippen molar-refractivity contribution in [3.05, 3.63) is 36.0 Å². The fraction of sp³-hybridized carbons (Fsp3) is 0.308. The van der Waals surface area contributed by atoms with Crippen LogP contribution in [0.15, 0.2) is 30.3 Å². The number of aliphatic hydroxyl groups excluding tert-OH is 1. The van der Waals surface area contributed by atoms with E-state index >= 15 is 0 Å². The van der Waals surface area contributed by atoms with Crippen molar-refractivity contribution >= 4 is 0 Å². The number of aryl methyl sites for hydroxylation is 1. The number of benzene rings is 1. The Morgan fingerprint density at radius 1 is 1.35 bits per heavy atom. The fourth-order valence-corrected chi connectivity index (χ4v) is 1.86. The van der Waals surface area contributed by atoms with Crippen LogP contribution in [0.4, 0.5) is 0 Å². The maximum atomic E-state index is 9.14. The number of nitrogens with zero attached hydrogens (tertiary/aromatic N) is 2. The summed E-state index contributed by atoms with van der Waals surface area (Å²) >= 11 is 0. The Labute approximate surface area is 100 Å². The molecule has 0 fully saturated rings. The maximum Gasteiger partial charge on any atom is 0.128 e. The van der Waals surface area contributed by atoms with Crippen molar-refractivity contribution in [3.8, 4) is 17.0 Å². The molecule has 17 heavy (non-hydrogen) atoms. The maximum absolute atomic E-state index is 9.14. The molecule has 0 saturated heterocycles. The minimum absolute atomic E-state index is 0.0465. The zero-order valence-electron chi connectivity index (χ0n) is 10.1. The van der Waals surface area contributed by atoms with Gasteiger partial charge in [-0.05, 0) is 25.1 Å². The predicted molar refractivity (Wildman–Crippen MR) is 65.8 cm³/mol. The number of hydrogen-bond acceptors (Lipinski definition) is 3. The van der Waals surface area contributed by atoms with Crippen LogP contribution in [-0.4, -0.2) is 22.0 Å². The lowest BCUT2D eigenvalue weighted by Gasteiger charge is -2.09. The number of para-hydroxylation sites is 1. The molecule has 2 aromatic rings. The summed E-state index contributed by atoms with van der Waals surface area (Å²) in [6.07, 6.45) is 0. The SMILES string of the molecule is CCn1nc(CO)cc1-c1ccccc1OC. The van der Waals surface area contributed by atoms with Gasteiger partial charge in [0.05, 0.1) is 25.1 Å². The van der Waals surface area contributed by atoms with E-state index < -0.39 is 0 Å². The van der Waals surface area contributed by atoms with E-state index in [2.05, 4.69) is 5.10 Å². The molecule has 0 radical (unpaired) electrons. The van der Waals surface area contributed by atoms with Crippen LogP contribution in [0, 0.1) is 0 Å². The third kappa shape index (κ3) is 2.17. The van der Waals surface area contributed by atoms with Gasteiger partial charge in [0.15, 0.2) is 0 Å². The highest BCUT2D eigenvalue weighted by molar-refractivity contribution is 5.67. The molecule has 2 rings (SSSR count). The zero-order chi connectivity index (χ0) is 12.3. The molecule has 0 unspecified atom stereocenters. The first-order chi connectivity index (χ1) is 8.30. The predicted octanol–water partition coefficient (Wildman–Crippen LogP) is 2.07. The minimum Gasteiger partial charge on any atom is -0.496 e. The Morgan fingerprint density at radius 3 is 2.76 bits per heavy atom. The number of ether oxygens (including phenoxy) is 1. The van der Waals surface area contributed by atoms with Crippen molar-refractivity contribution in [2.45, 2.75) is 20.1 Å². The molecule has 0 aliphatic rings. The molecule has 0 atom stereocenters. The van der Waals surface area contributed by atoms with Crippen LogP contribution in [0.25, 0.3) is 11.3 Å². The summed E-state index contributed by atoms with van der Waals surface area (Å²) in [5.41, 5.74) is 2.63. The summed E-state index contributed by atoms with van der Waals surface area (Å²) in [7, 11) is 1.65. The lowest BCUT2D eigenvalue weighted by molar-refractivity contribution is 0.275. The van der Waals surface area contributed by atoms with Crippen molar-refractivity contribution < 1.29 is 9.84 Å². The van der Waals surface area contributed by atoms with Gasteiger partial charge in [0.1, 0.15) is 5.75 Å². The number of rotatable bonds is 4. The second-order valence-corrected chi connectivity index (χ2v) is 3.70. The summed E-state index contributed by atoms with van der Waals surface area (Å²) < 4.78 is 7.20. The Hall–Kier alpha value is -1.81. The van der Waals surface area contributed by atoms with Crippen LogP contribution in [0.5, 0.6) is 5.75 Å². The molecule has 0 aliphatic heterocycles. The van der Waals surface area contributed by atoms with Crippen LogP contribution in [0.2, 0.25) is 0 Å². The van der Waals surface area contributed by atoms with Crippen molar-refractivity contribution in [2.24, 2.45) is 0 Å². The van der Waals surface area contributed by atoms with Crippen molar-refractivity contribution in [2.75, 3.05) is 7.11 Å². The molecule has 90 valence electrons. The summed E-state index contributed by atoms with van der Waals surface area (Å²) in [5.74, 6) is 0.812. The van der Waals surface area contributed by atoms with Crippen LogP contribution in [0.1, 0.15) is 12.6 Å². The third-order valence-corrected chi connectivity index (χ3v) is 2.68. The quantitative estimate of drug-likeness (QED) is 0.877. The van der Waals surface area contributed by atoms with Gasteiger partial charge in [-0.25, -0.2) is 0 Å². The Kier molecular flexibility index (Phi) is 3.44. The van der Waals surface area contributed by atoms with Crippen LogP contribution < -0.4 is 4.74 Å². The highest BCUT2D eigenvalue weighted by atomic mass is 16.5. The van der Waals surface area contributed by atoms with Gasteiger partial charge in [0.25, 0.3) is 0 Å². The Bertz CT molecular complexity index is 506. The molecule has 4 nitrogen and oxygen atoms in total. The van der Waals surface area contributed by atoms with Gasteiger partial charge in [-0.2, -0.15) is 5.10 Å². The fourth-order valence-electron chi connectivity index (χ4n) is 1.86. The van der Waals surface area contributed by atoms with Gasteiger partial charge in [0.2, 0.25) is 0 Å². The molecule has 4 heteroatoms. The normalized spacial score (nSPS) is 10.5. The molecule has 1 N–H and O–H groups in total. The third-order valence-electron chi connectivity index (χ3n) is 2.68. The van der Waals surface area contributed by atoms with Crippen molar-refractivity contribution in [3.63, 3.8) is 0 Å². The first-order valence-corrected chi connectivity index (χ1v) is 5.61. The van der Waals surface area contributed by atoms with Gasteiger partial charge in [-0.15, -0.1) is 0 Å². The lowest BCUT2D eigenvalue weighted by atomic mass is 10.1. The van der Waals surface area contributed by atoms with Gasteiger partial charge in [0, 0.05) is 12.1 Å². The monoisotopic (exact) mass is 232 g/mol. The molecule has 0 spiro atoms. The molecule has 0 saturated carbocycles. The highest BCUT2D eigenvalue weighted by Crippen LogP contribution is 2.30. The van der Waals surface area contributed by atoms with Crippen molar-refractivity contribution in [1.29, 1.82) is 0 Å². The van der Waals surface area contributed by atoms with E-state index in [0.29, 0.717) is 5.69 Å². The molecule has 0 amide bonds. The second-order valence-electron chi connectivity index (χ2n) is 3.70. The number of aromatic nitrogens is 2. The van der Waals surface area contributed by atoms with E-state index in [0.717, 1.165) is 23.6 Å².